The van der Waals surface area contributed by atoms with Crippen molar-refractivity contribution in [3.8, 4) is 0 Å². The first-order chi connectivity index (χ1) is 6.58. The summed E-state index contributed by atoms with van der Waals surface area (Å²) in [5.74, 6) is 0.905. The molecule has 14 heavy (non-hydrogen) atoms. The van der Waals surface area contributed by atoms with E-state index in [9.17, 15) is 4.79 Å². The van der Waals surface area contributed by atoms with E-state index >= 15 is 0 Å². The number of amides is 1. The van der Waals surface area contributed by atoms with Crippen molar-refractivity contribution in [2.75, 3.05) is 0 Å². The van der Waals surface area contributed by atoms with Crippen molar-refractivity contribution in [3.63, 3.8) is 0 Å². The highest BCUT2D eigenvalue weighted by Gasteiger charge is 2.07. The molecular formula is C8H13N3O3. The number of carbonyl (C=O) groups excluding carboxylic acids is 1. The molecule has 78 valence electrons. The van der Waals surface area contributed by atoms with Crippen LogP contribution in [0.15, 0.2) is 4.52 Å². The fraction of sp³-hybridized carbons (Fsp3) is 0.625. The van der Waals surface area contributed by atoms with E-state index in [-0.39, 0.29) is 12.6 Å². The van der Waals surface area contributed by atoms with E-state index in [2.05, 4.69) is 15.5 Å². The Hall–Kier alpha value is -1.59. The zero-order valence-corrected chi connectivity index (χ0v) is 8.40. The molecule has 1 N–H and O–H groups in total. The quantitative estimate of drug-likeness (QED) is 0.786. The Labute approximate surface area is 81.6 Å². The molecule has 0 saturated heterocycles. The molecule has 0 fully saturated rings. The van der Waals surface area contributed by atoms with Gasteiger partial charge in [-0.2, -0.15) is 4.98 Å². The zero-order chi connectivity index (χ0) is 10.6. The van der Waals surface area contributed by atoms with Crippen LogP contribution in [0, 0.1) is 6.92 Å². The molecule has 0 radical (unpaired) electrons. The predicted octanol–water partition coefficient (Wildman–Crippen LogP) is 1.01. The van der Waals surface area contributed by atoms with Gasteiger partial charge in [0, 0.05) is 6.92 Å². The molecule has 6 nitrogen and oxygen atoms in total. The summed E-state index contributed by atoms with van der Waals surface area (Å²) in [6.45, 7) is 5.45. The van der Waals surface area contributed by atoms with E-state index in [1.165, 1.54) is 0 Å². The van der Waals surface area contributed by atoms with Gasteiger partial charge in [-0.15, -0.1) is 0 Å². The van der Waals surface area contributed by atoms with Gasteiger partial charge in [-0.3, -0.25) is 0 Å². The number of aryl methyl sites for hydroxylation is 1. The molecule has 0 bridgehead atoms. The van der Waals surface area contributed by atoms with Gasteiger partial charge in [-0.25, -0.2) is 4.79 Å². The summed E-state index contributed by atoms with van der Waals surface area (Å²) < 4.78 is 9.57. The lowest BCUT2D eigenvalue weighted by atomic mass is 10.5. The smallest absolute Gasteiger partial charge is 0.407 e. The summed E-state index contributed by atoms with van der Waals surface area (Å²) in [5, 5.41) is 6.11. The second-order valence-corrected chi connectivity index (χ2v) is 3.04. The van der Waals surface area contributed by atoms with Crippen molar-refractivity contribution in [1.82, 2.24) is 15.5 Å². The number of nitrogens with one attached hydrogen (secondary N) is 1. The van der Waals surface area contributed by atoms with Gasteiger partial charge in [0.05, 0.1) is 12.6 Å². The van der Waals surface area contributed by atoms with E-state index in [0.717, 1.165) is 0 Å². The van der Waals surface area contributed by atoms with Crippen molar-refractivity contribution in [1.29, 1.82) is 0 Å². The summed E-state index contributed by atoms with van der Waals surface area (Å²) in [5.41, 5.74) is 0. The number of ether oxygens (including phenoxy) is 1. The molecule has 6 heteroatoms. The van der Waals surface area contributed by atoms with Crippen molar-refractivity contribution in [3.05, 3.63) is 11.7 Å². The molecular weight excluding hydrogens is 186 g/mol. The Balaban J connectivity index is 2.30. The van der Waals surface area contributed by atoms with Gasteiger partial charge in [0.2, 0.25) is 5.89 Å². The molecule has 0 aliphatic carbocycles. The average molecular weight is 199 g/mol. The third-order valence-corrected chi connectivity index (χ3v) is 1.30. The molecule has 0 unspecified atom stereocenters. The Morgan fingerprint density at radius 2 is 2.36 bits per heavy atom. The number of carbonyl (C=O) groups is 1. The van der Waals surface area contributed by atoms with Crippen LogP contribution in [0.2, 0.25) is 0 Å². The van der Waals surface area contributed by atoms with Crippen LogP contribution in [-0.4, -0.2) is 22.3 Å². The van der Waals surface area contributed by atoms with Crippen molar-refractivity contribution >= 4 is 6.09 Å². The summed E-state index contributed by atoms with van der Waals surface area (Å²) in [6, 6.07) is 0. The van der Waals surface area contributed by atoms with Gasteiger partial charge in [-0.1, -0.05) is 5.16 Å². The molecule has 1 heterocycles. The molecule has 0 atom stereocenters. The van der Waals surface area contributed by atoms with Gasteiger partial charge in [0.25, 0.3) is 0 Å². The minimum Gasteiger partial charge on any atom is -0.447 e. The van der Waals surface area contributed by atoms with E-state index in [1.807, 2.05) is 0 Å². The van der Waals surface area contributed by atoms with E-state index < -0.39 is 6.09 Å². The largest absolute Gasteiger partial charge is 0.447 e. The van der Waals surface area contributed by atoms with Crippen LogP contribution in [0.4, 0.5) is 4.79 Å². The normalized spacial score (nSPS) is 10.3. The topological polar surface area (TPSA) is 77.2 Å². The third kappa shape index (κ3) is 3.42. The zero-order valence-electron chi connectivity index (χ0n) is 8.40. The van der Waals surface area contributed by atoms with Crippen LogP contribution in [0.3, 0.4) is 0 Å². The maximum atomic E-state index is 11.0. The number of nitrogens with zero attached hydrogens (tertiary/aromatic N) is 2. The first-order valence-electron chi connectivity index (χ1n) is 4.31. The Morgan fingerprint density at radius 3 is 2.86 bits per heavy atom. The number of rotatable bonds is 3. The maximum absolute atomic E-state index is 11.0. The molecule has 0 aliphatic rings. The fourth-order valence-electron chi connectivity index (χ4n) is 0.820. The Bertz CT molecular complexity index is 309. The third-order valence-electron chi connectivity index (χ3n) is 1.30. The number of aromatic nitrogens is 2. The number of hydrogen-bond donors (Lipinski definition) is 1. The van der Waals surface area contributed by atoms with Crippen LogP contribution in [0.1, 0.15) is 25.6 Å². The molecule has 0 saturated carbocycles. The first kappa shape index (κ1) is 10.5. The van der Waals surface area contributed by atoms with E-state index in [4.69, 9.17) is 9.26 Å². The standard InChI is InChI=1S/C8H13N3O3/c1-5(2)13-8(12)9-4-7-10-6(3)14-11-7/h5H,4H2,1-3H3,(H,9,12). The fourth-order valence-corrected chi connectivity index (χ4v) is 0.820. The summed E-state index contributed by atoms with van der Waals surface area (Å²) in [4.78, 5) is 14.9. The first-order valence-corrected chi connectivity index (χ1v) is 4.31. The maximum Gasteiger partial charge on any atom is 0.407 e. The molecule has 0 spiro atoms. The van der Waals surface area contributed by atoms with Crippen molar-refractivity contribution in [2.24, 2.45) is 0 Å². The Kier molecular flexibility index (Phi) is 3.44. The van der Waals surface area contributed by atoms with Gasteiger partial charge < -0.3 is 14.6 Å². The number of hydrogen-bond acceptors (Lipinski definition) is 5. The highest BCUT2D eigenvalue weighted by Crippen LogP contribution is 1.95. The van der Waals surface area contributed by atoms with Gasteiger partial charge >= 0.3 is 6.09 Å². The molecule has 0 aromatic carbocycles. The van der Waals surface area contributed by atoms with Crippen LogP contribution in [0.5, 0.6) is 0 Å². The van der Waals surface area contributed by atoms with Crippen molar-refractivity contribution < 1.29 is 14.1 Å². The lowest BCUT2D eigenvalue weighted by molar-refractivity contribution is 0.115. The monoisotopic (exact) mass is 199 g/mol. The highest BCUT2D eigenvalue weighted by molar-refractivity contribution is 5.67. The summed E-state index contributed by atoms with van der Waals surface area (Å²) in [6.07, 6.45) is -0.621. The van der Waals surface area contributed by atoms with Gasteiger partial charge in [-0.05, 0) is 13.8 Å². The SMILES string of the molecule is Cc1nc(CNC(=O)OC(C)C)no1. The van der Waals surface area contributed by atoms with E-state index in [0.29, 0.717) is 11.7 Å². The highest BCUT2D eigenvalue weighted by atomic mass is 16.6. The average Bonchev–Trinajstić information content (AvgIpc) is 2.47. The van der Waals surface area contributed by atoms with Crippen molar-refractivity contribution in [2.45, 2.75) is 33.4 Å². The van der Waals surface area contributed by atoms with Crippen LogP contribution in [-0.2, 0) is 11.3 Å². The second-order valence-electron chi connectivity index (χ2n) is 3.04. The van der Waals surface area contributed by atoms with Gasteiger partial charge in [0.15, 0.2) is 5.82 Å². The van der Waals surface area contributed by atoms with Crippen LogP contribution >= 0.6 is 0 Å². The summed E-state index contributed by atoms with van der Waals surface area (Å²) in [7, 11) is 0. The van der Waals surface area contributed by atoms with Gasteiger partial charge in [0.1, 0.15) is 0 Å². The number of alkyl carbamates (subject to hydrolysis) is 1. The van der Waals surface area contributed by atoms with E-state index in [1.54, 1.807) is 20.8 Å². The van der Waals surface area contributed by atoms with Crippen LogP contribution < -0.4 is 5.32 Å². The summed E-state index contributed by atoms with van der Waals surface area (Å²) >= 11 is 0. The molecule has 0 aliphatic heterocycles. The minimum absolute atomic E-state index is 0.137. The lowest BCUT2D eigenvalue weighted by Gasteiger charge is -2.07. The molecule has 1 rings (SSSR count). The lowest BCUT2D eigenvalue weighted by Crippen LogP contribution is -2.26. The van der Waals surface area contributed by atoms with Crippen LogP contribution in [0.25, 0.3) is 0 Å². The molecule has 1 amide bonds. The molecule has 1 aromatic heterocycles. The predicted molar refractivity (Wildman–Crippen MR) is 47.5 cm³/mol. The second kappa shape index (κ2) is 4.59. The minimum atomic E-state index is -0.484. The molecule has 1 aromatic rings. The Morgan fingerprint density at radius 1 is 1.64 bits per heavy atom.